The Kier molecular flexibility index (Phi) is 4.71. The highest BCUT2D eigenvalue weighted by Gasteiger charge is 2.16. The van der Waals surface area contributed by atoms with E-state index in [4.69, 9.17) is 0 Å². The van der Waals surface area contributed by atoms with Gasteiger partial charge in [-0.15, -0.1) is 16.4 Å². The van der Waals surface area contributed by atoms with Gasteiger partial charge in [0.25, 0.3) is 0 Å². The summed E-state index contributed by atoms with van der Waals surface area (Å²) in [6.45, 7) is 5.92. The van der Waals surface area contributed by atoms with Crippen molar-refractivity contribution in [2.75, 3.05) is 5.75 Å². The fourth-order valence-electron chi connectivity index (χ4n) is 1.77. The minimum atomic E-state index is -0.0920. The largest absolute Gasteiger partial charge is 0.347 e. The first kappa shape index (κ1) is 14.9. The topological polar surface area (TPSA) is 85.6 Å². The highest BCUT2D eigenvalue weighted by molar-refractivity contribution is 7.99. The van der Waals surface area contributed by atoms with E-state index in [1.807, 2.05) is 20.8 Å². The third-order valence-corrected chi connectivity index (χ3v) is 4.55. The Morgan fingerprint density at radius 1 is 1.50 bits per heavy atom. The maximum atomic E-state index is 11.9. The number of thioether (sulfide) groups is 1. The molecule has 0 saturated heterocycles. The van der Waals surface area contributed by atoms with Crippen molar-refractivity contribution in [3.8, 4) is 0 Å². The lowest BCUT2D eigenvalue weighted by Gasteiger charge is -2.12. The molecule has 108 valence electrons. The highest BCUT2D eigenvalue weighted by atomic mass is 32.2. The number of hydrogen-bond acceptors (Lipinski definition) is 7. The molecule has 0 aliphatic heterocycles. The summed E-state index contributed by atoms with van der Waals surface area (Å²) in [5.74, 6) is 0.219. The van der Waals surface area contributed by atoms with Gasteiger partial charge in [-0.3, -0.25) is 4.79 Å². The first-order valence-corrected chi connectivity index (χ1v) is 7.86. The van der Waals surface area contributed by atoms with Crippen molar-refractivity contribution in [2.45, 2.75) is 32.0 Å². The molecule has 0 spiro atoms. The summed E-state index contributed by atoms with van der Waals surface area (Å²) in [6.07, 6.45) is 0. The molecule has 1 N–H and O–H groups in total. The second kappa shape index (κ2) is 6.31. The number of carbonyl (C=O) groups excluding carboxylic acids is 1. The molecule has 0 aromatic carbocycles. The fourth-order valence-corrected chi connectivity index (χ4v) is 3.35. The van der Waals surface area contributed by atoms with Crippen molar-refractivity contribution < 1.29 is 4.79 Å². The lowest BCUT2D eigenvalue weighted by molar-refractivity contribution is -0.119. The van der Waals surface area contributed by atoms with E-state index in [9.17, 15) is 4.79 Å². The molecule has 0 fully saturated rings. The van der Waals surface area contributed by atoms with Crippen molar-refractivity contribution in [1.29, 1.82) is 0 Å². The van der Waals surface area contributed by atoms with Crippen LogP contribution in [0.1, 0.15) is 28.5 Å². The van der Waals surface area contributed by atoms with Gasteiger partial charge in [0.1, 0.15) is 0 Å². The van der Waals surface area contributed by atoms with Gasteiger partial charge >= 0.3 is 0 Å². The van der Waals surface area contributed by atoms with E-state index < -0.39 is 0 Å². The molecule has 0 bridgehead atoms. The van der Waals surface area contributed by atoms with E-state index in [0.717, 1.165) is 15.6 Å². The number of tetrazole rings is 1. The van der Waals surface area contributed by atoms with Crippen LogP contribution in [0.5, 0.6) is 0 Å². The third kappa shape index (κ3) is 3.54. The molecular weight excluding hydrogens is 296 g/mol. The smallest absolute Gasteiger partial charge is 0.231 e. The Morgan fingerprint density at radius 3 is 2.80 bits per heavy atom. The minimum Gasteiger partial charge on any atom is -0.347 e. The van der Waals surface area contributed by atoms with E-state index in [-0.39, 0.29) is 17.7 Å². The third-order valence-electron chi connectivity index (χ3n) is 2.64. The van der Waals surface area contributed by atoms with Gasteiger partial charge in [0.2, 0.25) is 11.1 Å². The van der Waals surface area contributed by atoms with E-state index >= 15 is 0 Å². The van der Waals surface area contributed by atoms with Gasteiger partial charge in [0, 0.05) is 11.9 Å². The molecule has 1 amide bonds. The highest BCUT2D eigenvalue weighted by Crippen LogP contribution is 2.22. The van der Waals surface area contributed by atoms with E-state index in [2.05, 4.69) is 25.8 Å². The number of thiazole rings is 1. The number of nitrogens with one attached hydrogen (secondary N) is 1. The van der Waals surface area contributed by atoms with Crippen LogP contribution < -0.4 is 5.32 Å². The van der Waals surface area contributed by atoms with Crippen LogP contribution in [0.4, 0.5) is 0 Å². The monoisotopic (exact) mass is 312 g/mol. The van der Waals surface area contributed by atoms with Crippen molar-refractivity contribution in [3.05, 3.63) is 15.6 Å². The van der Waals surface area contributed by atoms with Crippen LogP contribution in [0.3, 0.4) is 0 Å². The van der Waals surface area contributed by atoms with Crippen LogP contribution in [0, 0.1) is 13.8 Å². The van der Waals surface area contributed by atoms with Gasteiger partial charge in [-0.25, -0.2) is 9.67 Å². The predicted octanol–water partition coefficient (Wildman–Crippen LogP) is 1.25. The van der Waals surface area contributed by atoms with Crippen molar-refractivity contribution >= 4 is 29.0 Å². The maximum absolute atomic E-state index is 11.9. The standard InChI is InChI=1S/C11H16N6OS2/c1-6(10-7(2)20-8(3)13-10)12-9(18)5-19-11-14-15-16-17(11)4/h6H,5H2,1-4H3,(H,12,18)/t6-/m0/s1. The average Bonchev–Trinajstić information content (AvgIpc) is 2.92. The Morgan fingerprint density at radius 2 is 2.25 bits per heavy atom. The van der Waals surface area contributed by atoms with Gasteiger partial charge in [0.15, 0.2) is 0 Å². The minimum absolute atomic E-state index is 0.0597. The van der Waals surface area contributed by atoms with Crippen LogP contribution >= 0.6 is 23.1 Å². The van der Waals surface area contributed by atoms with Gasteiger partial charge in [-0.2, -0.15) is 0 Å². The summed E-state index contributed by atoms with van der Waals surface area (Å²) in [4.78, 5) is 17.5. The Labute approximate surface area is 125 Å². The molecule has 0 saturated carbocycles. The molecule has 1 atom stereocenters. The summed E-state index contributed by atoms with van der Waals surface area (Å²) in [5, 5.41) is 15.6. The van der Waals surface area contributed by atoms with Gasteiger partial charge in [-0.05, 0) is 31.2 Å². The Hall–Kier alpha value is -1.48. The Bertz CT molecular complexity index is 608. The number of rotatable bonds is 5. The number of aryl methyl sites for hydroxylation is 3. The molecule has 9 heteroatoms. The summed E-state index contributed by atoms with van der Waals surface area (Å²) in [5.41, 5.74) is 0.936. The molecule has 7 nitrogen and oxygen atoms in total. The SMILES string of the molecule is Cc1nc([C@H](C)NC(=O)CSc2nnnn2C)c(C)s1. The van der Waals surface area contributed by atoms with Gasteiger partial charge < -0.3 is 5.32 Å². The normalized spacial score (nSPS) is 12.4. The zero-order valence-corrected chi connectivity index (χ0v) is 13.4. The predicted molar refractivity (Wildman–Crippen MR) is 77.7 cm³/mol. The molecule has 0 aliphatic rings. The lowest BCUT2D eigenvalue weighted by atomic mass is 10.2. The lowest BCUT2D eigenvalue weighted by Crippen LogP contribution is -2.28. The first-order valence-electron chi connectivity index (χ1n) is 6.06. The number of amides is 1. The summed E-state index contributed by atoms with van der Waals surface area (Å²) in [6, 6.07) is -0.0920. The van der Waals surface area contributed by atoms with Crippen LogP contribution in [-0.4, -0.2) is 36.9 Å². The quantitative estimate of drug-likeness (QED) is 0.836. The van der Waals surface area contributed by atoms with Gasteiger partial charge in [0.05, 0.1) is 22.5 Å². The summed E-state index contributed by atoms with van der Waals surface area (Å²) >= 11 is 2.95. The number of carbonyl (C=O) groups is 1. The van der Waals surface area contributed by atoms with Crippen LogP contribution in [0.25, 0.3) is 0 Å². The van der Waals surface area contributed by atoms with Crippen LogP contribution in [0.2, 0.25) is 0 Å². The Balaban J connectivity index is 1.88. The summed E-state index contributed by atoms with van der Waals surface area (Å²) in [7, 11) is 1.74. The zero-order chi connectivity index (χ0) is 14.7. The van der Waals surface area contributed by atoms with Crippen LogP contribution in [-0.2, 0) is 11.8 Å². The van der Waals surface area contributed by atoms with E-state index in [1.165, 1.54) is 16.4 Å². The molecule has 0 aliphatic carbocycles. The van der Waals surface area contributed by atoms with Crippen LogP contribution in [0.15, 0.2) is 5.16 Å². The zero-order valence-electron chi connectivity index (χ0n) is 11.7. The second-order valence-corrected chi connectivity index (χ2v) is 6.69. The molecule has 0 radical (unpaired) electrons. The molecule has 2 heterocycles. The molecule has 2 rings (SSSR count). The van der Waals surface area contributed by atoms with E-state index in [1.54, 1.807) is 18.4 Å². The van der Waals surface area contributed by atoms with Crippen molar-refractivity contribution in [2.24, 2.45) is 7.05 Å². The molecule has 2 aromatic rings. The fraction of sp³-hybridized carbons (Fsp3) is 0.545. The number of aromatic nitrogens is 5. The molecule has 2 aromatic heterocycles. The van der Waals surface area contributed by atoms with Crippen molar-refractivity contribution in [3.63, 3.8) is 0 Å². The first-order chi connectivity index (χ1) is 9.47. The average molecular weight is 312 g/mol. The maximum Gasteiger partial charge on any atom is 0.231 e. The van der Waals surface area contributed by atoms with Gasteiger partial charge in [-0.1, -0.05) is 11.8 Å². The number of hydrogen-bond donors (Lipinski definition) is 1. The molecular formula is C11H16N6OS2. The number of nitrogens with zero attached hydrogens (tertiary/aromatic N) is 5. The van der Waals surface area contributed by atoms with E-state index in [0.29, 0.717) is 5.16 Å². The molecule has 20 heavy (non-hydrogen) atoms. The second-order valence-electron chi connectivity index (χ2n) is 4.34. The molecule has 0 unspecified atom stereocenters. The van der Waals surface area contributed by atoms with Crippen molar-refractivity contribution in [1.82, 2.24) is 30.5 Å². The summed E-state index contributed by atoms with van der Waals surface area (Å²) < 4.78 is 1.54.